The first kappa shape index (κ1) is 15.8. The van der Waals surface area contributed by atoms with Crippen molar-refractivity contribution in [1.29, 1.82) is 0 Å². The quantitative estimate of drug-likeness (QED) is 0.857. The number of phenols is 1. The van der Waals surface area contributed by atoms with Crippen molar-refractivity contribution >= 4 is 5.91 Å². The lowest BCUT2D eigenvalue weighted by Crippen LogP contribution is -2.52. The first-order chi connectivity index (χ1) is 10.2. The number of aromatic hydroxyl groups is 1. The summed E-state index contributed by atoms with van der Waals surface area (Å²) >= 11 is 0. The lowest BCUT2D eigenvalue weighted by atomic mass is 10.1. The molecular weight excluding hydrogens is 266 g/mol. The summed E-state index contributed by atoms with van der Waals surface area (Å²) in [5, 5.41) is 9.48. The lowest BCUT2D eigenvalue weighted by Gasteiger charge is -2.39. The van der Waals surface area contributed by atoms with Crippen LogP contribution in [0.2, 0.25) is 0 Å². The molecule has 5 nitrogen and oxygen atoms in total. The first-order valence-corrected chi connectivity index (χ1v) is 7.68. The molecule has 3 N–H and O–H groups in total. The number of nitrogens with zero attached hydrogens (tertiary/aromatic N) is 2. The van der Waals surface area contributed by atoms with Crippen LogP contribution < -0.4 is 5.73 Å². The number of hydrogen-bond donors (Lipinski definition) is 2. The molecule has 1 fully saturated rings. The van der Waals surface area contributed by atoms with Gasteiger partial charge in [0.15, 0.2) is 0 Å². The van der Waals surface area contributed by atoms with Crippen molar-refractivity contribution in [3.8, 4) is 5.75 Å². The SMILES string of the molecule is CCC(CCN)N1CCN(C(=O)c2cccc(O)c2)CC1. The maximum atomic E-state index is 12.4. The van der Waals surface area contributed by atoms with Crippen LogP contribution in [0.4, 0.5) is 0 Å². The van der Waals surface area contributed by atoms with Gasteiger partial charge in [-0.3, -0.25) is 9.69 Å². The van der Waals surface area contributed by atoms with E-state index in [1.165, 1.54) is 6.07 Å². The average Bonchev–Trinajstić information content (AvgIpc) is 2.52. The van der Waals surface area contributed by atoms with Crippen LogP contribution in [0.1, 0.15) is 30.1 Å². The average molecular weight is 291 g/mol. The molecule has 21 heavy (non-hydrogen) atoms. The second-order valence-electron chi connectivity index (χ2n) is 5.52. The molecule has 2 rings (SSSR count). The van der Waals surface area contributed by atoms with E-state index in [-0.39, 0.29) is 11.7 Å². The highest BCUT2D eigenvalue weighted by Crippen LogP contribution is 2.16. The van der Waals surface area contributed by atoms with Crippen LogP contribution in [0.25, 0.3) is 0 Å². The summed E-state index contributed by atoms with van der Waals surface area (Å²) in [5.74, 6) is 0.130. The number of rotatable bonds is 5. The van der Waals surface area contributed by atoms with Crippen molar-refractivity contribution in [2.75, 3.05) is 32.7 Å². The van der Waals surface area contributed by atoms with Crippen LogP contribution in [0.5, 0.6) is 5.75 Å². The molecule has 0 bridgehead atoms. The third-order valence-electron chi connectivity index (χ3n) is 4.18. The van der Waals surface area contributed by atoms with Crippen LogP contribution in [0.15, 0.2) is 24.3 Å². The fourth-order valence-corrected chi connectivity index (χ4v) is 2.95. The molecule has 0 aromatic heterocycles. The third kappa shape index (κ3) is 3.95. The van der Waals surface area contributed by atoms with Crippen LogP contribution >= 0.6 is 0 Å². The van der Waals surface area contributed by atoms with Crippen LogP contribution in [0.3, 0.4) is 0 Å². The Morgan fingerprint density at radius 1 is 1.33 bits per heavy atom. The summed E-state index contributed by atoms with van der Waals surface area (Å²) in [7, 11) is 0. The molecule has 1 unspecified atom stereocenters. The van der Waals surface area contributed by atoms with Gasteiger partial charge in [-0.15, -0.1) is 0 Å². The van der Waals surface area contributed by atoms with Gasteiger partial charge < -0.3 is 15.7 Å². The molecular formula is C16H25N3O2. The standard InChI is InChI=1S/C16H25N3O2/c1-2-14(6-7-17)18-8-10-19(11-9-18)16(21)13-4-3-5-15(20)12-13/h3-5,12,14,20H,2,6-11,17H2,1H3. The Labute approximate surface area is 126 Å². The van der Waals surface area contributed by atoms with Gasteiger partial charge in [0.2, 0.25) is 0 Å². The van der Waals surface area contributed by atoms with Gasteiger partial charge >= 0.3 is 0 Å². The maximum Gasteiger partial charge on any atom is 0.254 e. The highest BCUT2D eigenvalue weighted by atomic mass is 16.3. The van der Waals surface area contributed by atoms with Crippen molar-refractivity contribution in [2.24, 2.45) is 5.73 Å². The molecule has 1 aliphatic heterocycles. The Hall–Kier alpha value is -1.59. The highest BCUT2D eigenvalue weighted by Gasteiger charge is 2.25. The Morgan fingerprint density at radius 2 is 2.05 bits per heavy atom. The second-order valence-corrected chi connectivity index (χ2v) is 5.52. The normalized spacial score (nSPS) is 17.7. The van der Waals surface area contributed by atoms with Gasteiger partial charge in [0.1, 0.15) is 5.75 Å². The number of nitrogens with two attached hydrogens (primary N) is 1. The summed E-state index contributed by atoms with van der Waals surface area (Å²) in [5.41, 5.74) is 6.22. The van der Waals surface area contributed by atoms with Crippen molar-refractivity contribution in [3.05, 3.63) is 29.8 Å². The van der Waals surface area contributed by atoms with E-state index in [0.717, 1.165) is 39.0 Å². The largest absolute Gasteiger partial charge is 0.508 e. The van der Waals surface area contributed by atoms with E-state index in [4.69, 9.17) is 5.73 Å². The lowest BCUT2D eigenvalue weighted by molar-refractivity contribution is 0.0556. The Kier molecular flexibility index (Phi) is 5.59. The Bertz CT molecular complexity index is 470. The summed E-state index contributed by atoms with van der Waals surface area (Å²) in [4.78, 5) is 16.7. The minimum atomic E-state index is -0.00239. The number of carbonyl (C=O) groups is 1. The molecule has 1 heterocycles. The van der Waals surface area contributed by atoms with Crippen molar-refractivity contribution in [2.45, 2.75) is 25.8 Å². The Morgan fingerprint density at radius 3 is 2.62 bits per heavy atom. The van der Waals surface area contributed by atoms with Gasteiger partial charge in [-0.25, -0.2) is 0 Å². The molecule has 1 atom stereocenters. The topological polar surface area (TPSA) is 69.8 Å². The molecule has 1 aromatic rings. The minimum Gasteiger partial charge on any atom is -0.508 e. The Balaban J connectivity index is 1.93. The van der Waals surface area contributed by atoms with E-state index in [9.17, 15) is 9.90 Å². The predicted octanol–water partition coefficient (Wildman–Crippen LogP) is 1.28. The molecule has 1 aromatic carbocycles. The van der Waals surface area contributed by atoms with E-state index in [0.29, 0.717) is 18.2 Å². The van der Waals surface area contributed by atoms with Crippen LogP contribution in [-0.4, -0.2) is 59.6 Å². The van der Waals surface area contributed by atoms with E-state index < -0.39 is 0 Å². The van der Waals surface area contributed by atoms with E-state index in [1.54, 1.807) is 18.2 Å². The monoisotopic (exact) mass is 291 g/mol. The maximum absolute atomic E-state index is 12.4. The van der Waals surface area contributed by atoms with Gasteiger partial charge in [-0.05, 0) is 37.6 Å². The summed E-state index contributed by atoms with van der Waals surface area (Å²) in [6, 6.07) is 7.07. The van der Waals surface area contributed by atoms with E-state index in [2.05, 4.69) is 11.8 Å². The van der Waals surface area contributed by atoms with E-state index >= 15 is 0 Å². The van der Waals surface area contributed by atoms with Crippen molar-refractivity contribution < 1.29 is 9.90 Å². The summed E-state index contributed by atoms with van der Waals surface area (Å²) in [6.45, 7) is 6.14. The van der Waals surface area contributed by atoms with Gasteiger partial charge in [-0.2, -0.15) is 0 Å². The molecule has 5 heteroatoms. The predicted molar refractivity (Wildman–Crippen MR) is 83.3 cm³/mol. The van der Waals surface area contributed by atoms with Gasteiger partial charge in [0.05, 0.1) is 0 Å². The molecule has 1 amide bonds. The van der Waals surface area contributed by atoms with Gasteiger partial charge in [0, 0.05) is 37.8 Å². The summed E-state index contributed by atoms with van der Waals surface area (Å²) < 4.78 is 0. The van der Waals surface area contributed by atoms with Gasteiger partial charge in [-0.1, -0.05) is 13.0 Å². The van der Waals surface area contributed by atoms with E-state index in [1.807, 2.05) is 4.90 Å². The number of amides is 1. The van der Waals surface area contributed by atoms with Crippen LogP contribution in [0, 0.1) is 0 Å². The smallest absolute Gasteiger partial charge is 0.254 e. The highest BCUT2D eigenvalue weighted by molar-refractivity contribution is 5.94. The second kappa shape index (κ2) is 7.43. The fraction of sp³-hybridized carbons (Fsp3) is 0.562. The van der Waals surface area contributed by atoms with Crippen LogP contribution in [-0.2, 0) is 0 Å². The van der Waals surface area contributed by atoms with Crippen molar-refractivity contribution in [1.82, 2.24) is 9.80 Å². The first-order valence-electron chi connectivity index (χ1n) is 7.68. The molecule has 1 saturated heterocycles. The van der Waals surface area contributed by atoms with Gasteiger partial charge in [0.25, 0.3) is 5.91 Å². The molecule has 0 saturated carbocycles. The molecule has 116 valence electrons. The number of piperazine rings is 1. The number of hydrogen-bond acceptors (Lipinski definition) is 4. The number of phenolic OH excluding ortho intramolecular Hbond substituents is 1. The summed E-state index contributed by atoms with van der Waals surface area (Å²) in [6.07, 6.45) is 2.11. The van der Waals surface area contributed by atoms with Crippen molar-refractivity contribution in [3.63, 3.8) is 0 Å². The molecule has 0 aliphatic carbocycles. The zero-order valence-corrected chi connectivity index (χ0v) is 12.7. The zero-order chi connectivity index (χ0) is 15.2. The molecule has 0 spiro atoms. The molecule has 0 radical (unpaired) electrons. The number of benzene rings is 1. The zero-order valence-electron chi connectivity index (χ0n) is 12.7. The fourth-order valence-electron chi connectivity index (χ4n) is 2.95. The minimum absolute atomic E-state index is 0.00239. The molecule has 1 aliphatic rings. The third-order valence-corrected chi connectivity index (χ3v) is 4.18. The number of carbonyl (C=O) groups excluding carboxylic acids is 1.